The number of H-pyrrole nitrogens is 1. The molecule has 0 saturated heterocycles. The Morgan fingerprint density at radius 2 is 1.97 bits per heavy atom. The van der Waals surface area contributed by atoms with Gasteiger partial charge in [-0.25, -0.2) is 4.98 Å². The fraction of sp³-hybridized carbons (Fsp3) is 0.200. The molecule has 0 radical (unpaired) electrons. The molecule has 2 N–H and O–H groups in total. The maximum absolute atomic E-state index is 13.4. The first-order valence-electron chi connectivity index (χ1n) is 11.4. The van der Waals surface area contributed by atoms with Gasteiger partial charge in [-0.2, -0.15) is 23.3 Å². The summed E-state index contributed by atoms with van der Waals surface area (Å²) < 4.78 is 47.5. The molecule has 1 atom stereocenters. The van der Waals surface area contributed by atoms with E-state index >= 15 is 0 Å². The van der Waals surface area contributed by atoms with Crippen LogP contribution in [0.25, 0.3) is 27.6 Å². The van der Waals surface area contributed by atoms with Crippen molar-refractivity contribution in [2.75, 3.05) is 30.4 Å². The molecule has 1 unspecified atom stereocenters. The third-order valence-electron chi connectivity index (χ3n) is 6.29. The van der Waals surface area contributed by atoms with Crippen LogP contribution in [0.5, 0.6) is 5.75 Å². The molecule has 4 heterocycles. The van der Waals surface area contributed by atoms with E-state index in [1.165, 1.54) is 24.5 Å². The van der Waals surface area contributed by atoms with Crippen molar-refractivity contribution in [3.8, 4) is 11.4 Å². The minimum Gasteiger partial charge on any atom is -0.485 e. The lowest BCUT2D eigenvalue weighted by Crippen LogP contribution is -2.41. The lowest BCUT2D eigenvalue weighted by Gasteiger charge is -2.33. The maximum Gasteiger partial charge on any atom is 0.416 e. The van der Waals surface area contributed by atoms with Crippen LogP contribution in [0.1, 0.15) is 5.56 Å². The molecule has 0 aliphatic carbocycles. The van der Waals surface area contributed by atoms with Gasteiger partial charge in [-0.1, -0.05) is 18.2 Å². The molecule has 0 spiro atoms. The van der Waals surface area contributed by atoms with Crippen LogP contribution in [-0.2, 0) is 6.18 Å². The summed E-state index contributed by atoms with van der Waals surface area (Å²) in [5, 5.41) is 10.5. The fourth-order valence-corrected chi connectivity index (χ4v) is 4.54. The van der Waals surface area contributed by atoms with Gasteiger partial charge in [-0.15, -0.1) is 0 Å². The number of nitrogens with one attached hydrogen (secondary N) is 2. The molecule has 0 saturated carbocycles. The lowest BCUT2D eigenvalue weighted by atomic mass is 10.1. The average Bonchev–Trinajstić information content (AvgIpc) is 3.38. The zero-order valence-corrected chi connectivity index (χ0v) is 19.5. The van der Waals surface area contributed by atoms with Crippen LogP contribution in [-0.4, -0.2) is 51.0 Å². The van der Waals surface area contributed by atoms with Gasteiger partial charge in [0.1, 0.15) is 11.9 Å². The zero-order chi connectivity index (χ0) is 25.7. The molecule has 188 valence electrons. The van der Waals surface area contributed by atoms with Crippen LogP contribution >= 0.6 is 0 Å². The second kappa shape index (κ2) is 8.50. The van der Waals surface area contributed by atoms with Gasteiger partial charge < -0.3 is 15.0 Å². The third-order valence-corrected chi connectivity index (χ3v) is 6.29. The Kier molecular flexibility index (Phi) is 5.25. The molecule has 1 aliphatic heterocycles. The van der Waals surface area contributed by atoms with E-state index in [9.17, 15) is 18.0 Å². The quantitative estimate of drug-likeness (QED) is 0.380. The van der Waals surface area contributed by atoms with Crippen molar-refractivity contribution in [2.24, 2.45) is 0 Å². The lowest BCUT2D eigenvalue weighted by molar-refractivity contribution is -0.137. The summed E-state index contributed by atoms with van der Waals surface area (Å²) in [5.74, 6) is 0.971. The monoisotopic (exact) mass is 507 g/mol. The van der Waals surface area contributed by atoms with Crippen molar-refractivity contribution in [2.45, 2.75) is 12.3 Å². The number of alkyl halides is 3. The Bertz CT molecular complexity index is 1700. The summed E-state index contributed by atoms with van der Waals surface area (Å²) in [7, 11) is 1.98. The predicted molar refractivity (Wildman–Crippen MR) is 132 cm³/mol. The highest BCUT2D eigenvalue weighted by atomic mass is 19.4. The number of benzene rings is 2. The van der Waals surface area contributed by atoms with Gasteiger partial charge in [0.15, 0.2) is 5.65 Å². The van der Waals surface area contributed by atoms with Gasteiger partial charge >= 0.3 is 6.18 Å². The van der Waals surface area contributed by atoms with Gasteiger partial charge in [0, 0.05) is 13.2 Å². The first kappa shape index (κ1) is 22.8. The van der Waals surface area contributed by atoms with Crippen LogP contribution in [0.2, 0.25) is 0 Å². The number of fused-ring (bicyclic) bond motifs is 4. The minimum absolute atomic E-state index is 0.0337. The molecule has 9 nitrogen and oxygen atoms in total. The van der Waals surface area contributed by atoms with Crippen molar-refractivity contribution < 1.29 is 17.9 Å². The number of pyridine rings is 1. The summed E-state index contributed by atoms with van der Waals surface area (Å²) in [4.78, 5) is 24.3. The molecule has 0 bridgehead atoms. The SMILES string of the molecule is CN1CC(CNc2ncc3c4[nH]ncc4c(=O)n(-c4cccc(C(F)(F)F)c4)c3n2)Oc2ccccc21. The van der Waals surface area contributed by atoms with Crippen LogP contribution in [0.4, 0.5) is 24.8 Å². The smallest absolute Gasteiger partial charge is 0.416 e. The molecule has 0 amide bonds. The average molecular weight is 507 g/mol. The first-order chi connectivity index (χ1) is 17.8. The number of hydrogen-bond acceptors (Lipinski definition) is 7. The number of rotatable bonds is 4. The summed E-state index contributed by atoms with van der Waals surface area (Å²) in [5.41, 5.74) is 0.160. The van der Waals surface area contributed by atoms with E-state index in [0.717, 1.165) is 28.1 Å². The molecule has 0 fully saturated rings. The predicted octanol–water partition coefficient (Wildman–Crippen LogP) is 3.99. The number of nitrogens with zero attached hydrogens (tertiary/aromatic N) is 5. The summed E-state index contributed by atoms with van der Waals surface area (Å²) in [6.07, 6.45) is -1.93. The van der Waals surface area contributed by atoms with Crippen molar-refractivity contribution in [1.82, 2.24) is 24.7 Å². The van der Waals surface area contributed by atoms with Crippen molar-refractivity contribution >= 4 is 33.6 Å². The summed E-state index contributed by atoms with van der Waals surface area (Å²) in [6, 6.07) is 12.3. The Labute approximate surface area is 207 Å². The topological polar surface area (TPSA) is 101 Å². The van der Waals surface area contributed by atoms with Crippen molar-refractivity contribution in [1.29, 1.82) is 0 Å². The normalized spacial score (nSPS) is 15.6. The highest BCUT2D eigenvalue weighted by Gasteiger charge is 2.31. The van der Waals surface area contributed by atoms with E-state index < -0.39 is 17.3 Å². The molecule has 3 aromatic heterocycles. The van der Waals surface area contributed by atoms with E-state index in [2.05, 4.69) is 30.4 Å². The number of hydrogen-bond donors (Lipinski definition) is 2. The Hall–Kier alpha value is -4.61. The number of aromatic nitrogens is 5. The van der Waals surface area contributed by atoms with Crippen LogP contribution < -0.4 is 20.5 Å². The second-order valence-electron chi connectivity index (χ2n) is 8.75. The van der Waals surface area contributed by atoms with Gasteiger partial charge in [-0.3, -0.25) is 14.5 Å². The molecular formula is C25H20F3N7O2. The number of anilines is 2. The van der Waals surface area contributed by atoms with E-state index in [4.69, 9.17) is 4.74 Å². The highest BCUT2D eigenvalue weighted by molar-refractivity contribution is 6.02. The standard InChI is InChI=1S/C25H20F3N7O2/c1-34-13-16(37-20-8-3-2-7-19(20)34)10-29-24-30-11-17-21-18(12-31-33-21)23(36)35(22(17)32-24)15-6-4-5-14(9-15)25(26,27)28/h2-9,11-12,16H,10,13H2,1H3,(H,31,33)(H,29,30,32). The molecule has 5 aromatic rings. The van der Waals surface area contributed by atoms with E-state index in [-0.39, 0.29) is 28.8 Å². The number of ether oxygens (including phenoxy) is 1. The summed E-state index contributed by atoms with van der Waals surface area (Å²) in [6.45, 7) is 0.992. The van der Waals surface area contributed by atoms with Gasteiger partial charge in [0.05, 0.1) is 52.5 Å². The van der Waals surface area contributed by atoms with E-state index in [1.54, 1.807) is 0 Å². The maximum atomic E-state index is 13.4. The molecule has 37 heavy (non-hydrogen) atoms. The van der Waals surface area contributed by atoms with E-state index in [0.29, 0.717) is 24.0 Å². The molecule has 1 aliphatic rings. The van der Waals surface area contributed by atoms with Crippen LogP contribution in [0, 0.1) is 0 Å². The number of halogens is 3. The molecule has 6 rings (SSSR count). The Balaban J connectivity index is 1.39. The van der Waals surface area contributed by atoms with Gasteiger partial charge in [0.2, 0.25) is 5.95 Å². The number of para-hydroxylation sites is 2. The van der Waals surface area contributed by atoms with E-state index in [1.807, 2.05) is 31.3 Å². The zero-order valence-electron chi connectivity index (χ0n) is 19.5. The highest BCUT2D eigenvalue weighted by Crippen LogP contribution is 2.33. The van der Waals surface area contributed by atoms with Gasteiger partial charge in [-0.05, 0) is 30.3 Å². The Morgan fingerprint density at radius 1 is 1.14 bits per heavy atom. The Morgan fingerprint density at radius 3 is 2.81 bits per heavy atom. The second-order valence-corrected chi connectivity index (χ2v) is 8.75. The van der Waals surface area contributed by atoms with Gasteiger partial charge in [0.25, 0.3) is 5.56 Å². The molecular weight excluding hydrogens is 487 g/mol. The van der Waals surface area contributed by atoms with Crippen LogP contribution in [0.3, 0.4) is 0 Å². The number of likely N-dealkylation sites (N-methyl/N-ethyl adjacent to an activating group) is 1. The van der Waals surface area contributed by atoms with Crippen molar-refractivity contribution in [3.05, 3.63) is 76.8 Å². The van der Waals surface area contributed by atoms with Crippen LogP contribution in [0.15, 0.2) is 65.7 Å². The third kappa shape index (κ3) is 3.99. The largest absolute Gasteiger partial charge is 0.485 e. The fourth-order valence-electron chi connectivity index (χ4n) is 4.54. The first-order valence-corrected chi connectivity index (χ1v) is 11.4. The molecule has 12 heteroatoms. The summed E-state index contributed by atoms with van der Waals surface area (Å²) >= 11 is 0. The number of aromatic amines is 1. The minimum atomic E-state index is -4.57. The van der Waals surface area contributed by atoms with Crippen molar-refractivity contribution in [3.63, 3.8) is 0 Å². The molecule has 2 aromatic carbocycles.